The first-order valence-electron chi connectivity index (χ1n) is 9.25. The number of anilines is 1. The Morgan fingerprint density at radius 3 is 2.48 bits per heavy atom. The minimum absolute atomic E-state index is 0. The molecule has 0 bridgehead atoms. The Morgan fingerprint density at radius 2 is 1.89 bits per heavy atom. The van der Waals surface area contributed by atoms with Gasteiger partial charge in [0, 0.05) is 56.3 Å². The van der Waals surface area contributed by atoms with Crippen LogP contribution in [0.25, 0.3) is 0 Å². The summed E-state index contributed by atoms with van der Waals surface area (Å²) < 4.78 is 5.25. The van der Waals surface area contributed by atoms with Gasteiger partial charge in [0.15, 0.2) is 5.96 Å². The van der Waals surface area contributed by atoms with Crippen molar-refractivity contribution >= 4 is 47.0 Å². The molecule has 1 fully saturated rings. The van der Waals surface area contributed by atoms with Crippen molar-refractivity contribution in [1.29, 1.82) is 0 Å². The zero-order chi connectivity index (χ0) is 18.2. The van der Waals surface area contributed by atoms with Crippen LogP contribution in [0.2, 0.25) is 0 Å². The Balaban J connectivity index is 0.00000261. The lowest BCUT2D eigenvalue weighted by Crippen LogP contribution is -2.52. The molecule has 2 heterocycles. The lowest BCUT2D eigenvalue weighted by Gasteiger charge is -2.37. The van der Waals surface area contributed by atoms with Crippen molar-refractivity contribution in [1.82, 2.24) is 10.2 Å². The Kier molecular flexibility index (Phi) is 9.20. The van der Waals surface area contributed by atoms with Gasteiger partial charge >= 0.3 is 0 Å². The van der Waals surface area contributed by atoms with E-state index in [0.29, 0.717) is 0 Å². The van der Waals surface area contributed by atoms with Crippen LogP contribution in [0.3, 0.4) is 0 Å². The number of thiophene rings is 1. The Labute approximate surface area is 183 Å². The van der Waals surface area contributed by atoms with E-state index in [2.05, 4.69) is 51.7 Å². The third kappa shape index (κ3) is 6.27. The second-order valence-electron chi connectivity index (χ2n) is 6.24. The zero-order valence-electron chi connectivity index (χ0n) is 16.1. The number of ether oxygens (including phenoxy) is 1. The third-order valence-electron chi connectivity index (χ3n) is 4.55. The number of rotatable bonds is 6. The van der Waals surface area contributed by atoms with E-state index in [-0.39, 0.29) is 24.0 Å². The molecule has 2 aromatic rings. The van der Waals surface area contributed by atoms with E-state index in [4.69, 9.17) is 9.73 Å². The zero-order valence-corrected chi connectivity index (χ0v) is 19.2. The van der Waals surface area contributed by atoms with Gasteiger partial charge in [-0.05, 0) is 42.6 Å². The summed E-state index contributed by atoms with van der Waals surface area (Å²) in [6.45, 7) is 7.83. The van der Waals surface area contributed by atoms with Crippen LogP contribution < -0.4 is 15.0 Å². The first-order chi connectivity index (χ1) is 12.8. The van der Waals surface area contributed by atoms with Crippen LogP contribution in [-0.4, -0.2) is 57.2 Å². The summed E-state index contributed by atoms with van der Waals surface area (Å²) in [4.78, 5) is 11.0. The van der Waals surface area contributed by atoms with Gasteiger partial charge in [-0.25, -0.2) is 0 Å². The van der Waals surface area contributed by atoms with Crippen LogP contribution >= 0.6 is 35.3 Å². The lowest BCUT2D eigenvalue weighted by molar-refractivity contribution is 0.372. The molecule has 1 aromatic carbocycles. The molecule has 1 aliphatic heterocycles. The van der Waals surface area contributed by atoms with Crippen LogP contribution in [0.5, 0.6) is 5.75 Å². The average molecular weight is 500 g/mol. The quantitative estimate of drug-likeness (QED) is 0.373. The van der Waals surface area contributed by atoms with Gasteiger partial charge in [-0.3, -0.25) is 4.99 Å². The molecule has 148 valence electrons. The van der Waals surface area contributed by atoms with Crippen LogP contribution in [0.4, 0.5) is 5.69 Å². The maximum Gasteiger partial charge on any atom is 0.194 e. The number of guanidine groups is 1. The maximum absolute atomic E-state index is 5.25. The van der Waals surface area contributed by atoms with Crippen molar-refractivity contribution in [3.63, 3.8) is 0 Å². The number of halogens is 1. The standard InChI is InChI=1S/C20H28N4OS.HI/c1-3-21-20(22-11-10-19-5-4-16-26-19)24-14-12-23(13-15-24)17-6-8-18(25-2)9-7-17;/h4-9,16H,3,10-15H2,1-2H3,(H,21,22);1H. The van der Waals surface area contributed by atoms with Crippen molar-refractivity contribution < 1.29 is 4.74 Å². The van der Waals surface area contributed by atoms with E-state index in [9.17, 15) is 0 Å². The van der Waals surface area contributed by atoms with Gasteiger partial charge in [-0.1, -0.05) is 6.07 Å². The molecule has 0 spiro atoms. The van der Waals surface area contributed by atoms with Crippen LogP contribution in [0.15, 0.2) is 46.8 Å². The highest BCUT2D eigenvalue weighted by atomic mass is 127. The van der Waals surface area contributed by atoms with Gasteiger partial charge in [0.05, 0.1) is 7.11 Å². The van der Waals surface area contributed by atoms with Gasteiger partial charge < -0.3 is 19.9 Å². The third-order valence-corrected chi connectivity index (χ3v) is 5.49. The summed E-state index contributed by atoms with van der Waals surface area (Å²) in [6.07, 6.45) is 1.01. The second-order valence-corrected chi connectivity index (χ2v) is 7.27. The highest BCUT2D eigenvalue weighted by Gasteiger charge is 2.19. The van der Waals surface area contributed by atoms with Gasteiger partial charge in [-0.2, -0.15) is 0 Å². The summed E-state index contributed by atoms with van der Waals surface area (Å²) in [5, 5.41) is 5.57. The molecule has 7 heteroatoms. The monoisotopic (exact) mass is 500 g/mol. The maximum atomic E-state index is 5.25. The molecular formula is C20H29IN4OS. The van der Waals surface area contributed by atoms with Crippen LogP contribution in [-0.2, 0) is 6.42 Å². The van der Waals surface area contributed by atoms with E-state index in [1.807, 2.05) is 12.1 Å². The number of hydrogen-bond donors (Lipinski definition) is 1. The predicted octanol–water partition coefficient (Wildman–Crippen LogP) is 3.70. The minimum atomic E-state index is 0. The summed E-state index contributed by atoms with van der Waals surface area (Å²) in [5.74, 6) is 1.94. The smallest absolute Gasteiger partial charge is 0.194 e. The molecule has 1 aliphatic rings. The first kappa shape index (κ1) is 21.8. The Morgan fingerprint density at radius 1 is 1.15 bits per heavy atom. The molecule has 3 rings (SSSR count). The number of hydrogen-bond acceptors (Lipinski definition) is 4. The van der Waals surface area contributed by atoms with E-state index >= 15 is 0 Å². The molecule has 5 nitrogen and oxygen atoms in total. The number of nitrogens with zero attached hydrogens (tertiary/aromatic N) is 3. The van der Waals surface area contributed by atoms with Gasteiger partial charge in [0.2, 0.25) is 0 Å². The molecule has 0 saturated carbocycles. The predicted molar refractivity (Wildman–Crippen MR) is 126 cm³/mol. The number of benzene rings is 1. The van der Waals surface area contributed by atoms with E-state index < -0.39 is 0 Å². The summed E-state index contributed by atoms with van der Waals surface area (Å²) >= 11 is 1.81. The summed E-state index contributed by atoms with van der Waals surface area (Å²) in [5.41, 5.74) is 1.25. The van der Waals surface area contributed by atoms with Crippen LogP contribution in [0, 0.1) is 0 Å². The van der Waals surface area contributed by atoms with Crippen molar-refractivity contribution in [2.45, 2.75) is 13.3 Å². The molecule has 0 unspecified atom stereocenters. The van der Waals surface area contributed by atoms with Crippen molar-refractivity contribution in [3.8, 4) is 5.75 Å². The van der Waals surface area contributed by atoms with Crippen molar-refractivity contribution in [2.24, 2.45) is 4.99 Å². The van der Waals surface area contributed by atoms with Gasteiger partial charge in [0.25, 0.3) is 0 Å². The number of methoxy groups -OCH3 is 1. The Hall–Kier alpha value is -1.48. The van der Waals surface area contributed by atoms with E-state index in [1.54, 1.807) is 18.4 Å². The fourth-order valence-electron chi connectivity index (χ4n) is 3.12. The fraction of sp³-hybridized carbons (Fsp3) is 0.450. The normalized spacial score (nSPS) is 14.7. The topological polar surface area (TPSA) is 40.1 Å². The van der Waals surface area contributed by atoms with Crippen molar-refractivity contribution in [3.05, 3.63) is 46.7 Å². The number of nitrogens with one attached hydrogen (secondary N) is 1. The van der Waals surface area contributed by atoms with Gasteiger partial charge in [0.1, 0.15) is 5.75 Å². The van der Waals surface area contributed by atoms with Gasteiger partial charge in [-0.15, -0.1) is 35.3 Å². The molecule has 0 amide bonds. The lowest BCUT2D eigenvalue weighted by atomic mass is 10.2. The molecule has 1 N–H and O–H groups in total. The largest absolute Gasteiger partial charge is 0.497 e. The molecular weight excluding hydrogens is 471 g/mol. The highest BCUT2D eigenvalue weighted by Crippen LogP contribution is 2.20. The highest BCUT2D eigenvalue weighted by molar-refractivity contribution is 14.0. The van der Waals surface area contributed by atoms with Crippen molar-refractivity contribution in [2.75, 3.05) is 51.3 Å². The minimum Gasteiger partial charge on any atom is -0.497 e. The molecule has 0 aliphatic carbocycles. The van der Waals surface area contributed by atoms with E-state index in [1.165, 1.54) is 10.6 Å². The average Bonchev–Trinajstić information content (AvgIpc) is 3.21. The summed E-state index contributed by atoms with van der Waals surface area (Å²) in [6, 6.07) is 12.6. The fourth-order valence-corrected chi connectivity index (χ4v) is 3.82. The SMILES string of the molecule is CCNC(=NCCc1cccs1)N1CCN(c2ccc(OC)cc2)CC1.I. The first-order valence-corrected chi connectivity index (χ1v) is 10.1. The van der Waals surface area contributed by atoms with E-state index in [0.717, 1.165) is 57.4 Å². The van der Waals surface area contributed by atoms with Crippen LogP contribution in [0.1, 0.15) is 11.8 Å². The molecule has 27 heavy (non-hydrogen) atoms. The molecule has 0 radical (unpaired) electrons. The molecule has 1 saturated heterocycles. The second kappa shape index (κ2) is 11.4. The Bertz CT molecular complexity index is 683. The summed E-state index contributed by atoms with van der Waals surface area (Å²) in [7, 11) is 1.70. The molecule has 0 atom stereocenters. The number of aliphatic imine (C=N–C) groups is 1. The number of piperazine rings is 1. The molecule has 1 aromatic heterocycles.